The van der Waals surface area contributed by atoms with Gasteiger partial charge in [-0.2, -0.15) is 4.98 Å². The third-order valence-electron chi connectivity index (χ3n) is 4.52. The average Bonchev–Trinajstić information content (AvgIpc) is 3.10. The molecule has 3 rings (SSSR count). The molecule has 0 amide bonds. The lowest BCUT2D eigenvalue weighted by Crippen LogP contribution is -2.47. The van der Waals surface area contributed by atoms with E-state index in [9.17, 15) is 0 Å². The molecule has 0 aromatic carbocycles. The van der Waals surface area contributed by atoms with E-state index in [4.69, 9.17) is 4.52 Å². The summed E-state index contributed by atoms with van der Waals surface area (Å²) in [6.07, 6.45) is 3.70. The molecule has 0 unspecified atom stereocenters. The van der Waals surface area contributed by atoms with E-state index >= 15 is 0 Å². The van der Waals surface area contributed by atoms with Gasteiger partial charge in [0.05, 0.1) is 6.04 Å². The second kappa shape index (κ2) is 7.66. The molecule has 1 fully saturated rings. The molecule has 23 heavy (non-hydrogen) atoms. The van der Waals surface area contributed by atoms with E-state index in [1.807, 2.05) is 19.2 Å². The van der Waals surface area contributed by atoms with Gasteiger partial charge in [-0.15, -0.1) is 0 Å². The fourth-order valence-electron chi connectivity index (χ4n) is 2.93. The van der Waals surface area contributed by atoms with Crippen LogP contribution < -0.4 is 0 Å². The highest BCUT2D eigenvalue weighted by molar-refractivity contribution is 5.04. The first-order valence-corrected chi connectivity index (χ1v) is 8.45. The third-order valence-corrected chi connectivity index (χ3v) is 4.52. The van der Waals surface area contributed by atoms with Crippen molar-refractivity contribution in [1.82, 2.24) is 24.9 Å². The van der Waals surface area contributed by atoms with Crippen LogP contribution in [-0.2, 0) is 12.8 Å². The molecule has 1 saturated heterocycles. The van der Waals surface area contributed by atoms with Crippen LogP contribution in [0.25, 0.3) is 0 Å². The first-order chi connectivity index (χ1) is 11.3. The van der Waals surface area contributed by atoms with Gasteiger partial charge in [0.25, 0.3) is 0 Å². The van der Waals surface area contributed by atoms with Crippen molar-refractivity contribution in [2.24, 2.45) is 0 Å². The van der Waals surface area contributed by atoms with Gasteiger partial charge in [-0.05, 0) is 19.1 Å². The number of hydrogen-bond acceptors (Lipinski definition) is 6. The highest BCUT2D eigenvalue weighted by atomic mass is 16.5. The number of rotatable bonds is 6. The Labute approximate surface area is 137 Å². The lowest BCUT2D eigenvalue weighted by atomic mass is 10.2. The zero-order valence-electron chi connectivity index (χ0n) is 14.0. The van der Waals surface area contributed by atoms with E-state index in [-0.39, 0.29) is 6.04 Å². The summed E-state index contributed by atoms with van der Waals surface area (Å²) in [6, 6.07) is 6.31. The molecule has 1 aliphatic heterocycles. The highest BCUT2D eigenvalue weighted by Crippen LogP contribution is 2.20. The predicted molar refractivity (Wildman–Crippen MR) is 88.0 cm³/mol. The zero-order chi connectivity index (χ0) is 16.1. The van der Waals surface area contributed by atoms with Crippen LogP contribution in [0.1, 0.15) is 37.3 Å². The van der Waals surface area contributed by atoms with Crippen molar-refractivity contribution in [3.63, 3.8) is 0 Å². The Kier molecular flexibility index (Phi) is 5.35. The first kappa shape index (κ1) is 16.1. The smallest absolute Gasteiger partial charge is 0.243 e. The molecule has 6 heteroatoms. The molecule has 1 aliphatic rings. The quantitative estimate of drug-likeness (QED) is 0.812. The minimum Gasteiger partial charge on any atom is -0.338 e. The monoisotopic (exact) mass is 315 g/mol. The third kappa shape index (κ3) is 4.14. The molecule has 124 valence electrons. The Morgan fingerprint density at radius 3 is 2.70 bits per heavy atom. The van der Waals surface area contributed by atoms with E-state index in [0.717, 1.165) is 57.3 Å². The molecule has 1 atom stereocenters. The molecule has 3 heterocycles. The lowest BCUT2D eigenvalue weighted by Gasteiger charge is -2.36. The number of piperazine rings is 1. The van der Waals surface area contributed by atoms with Crippen LogP contribution in [0.2, 0.25) is 0 Å². The number of nitrogens with zero attached hydrogens (tertiary/aromatic N) is 5. The zero-order valence-corrected chi connectivity index (χ0v) is 14.0. The van der Waals surface area contributed by atoms with Crippen molar-refractivity contribution in [2.45, 2.75) is 32.7 Å². The van der Waals surface area contributed by atoms with Crippen LogP contribution in [-0.4, -0.2) is 57.6 Å². The van der Waals surface area contributed by atoms with Crippen LogP contribution in [0.5, 0.6) is 0 Å². The van der Waals surface area contributed by atoms with E-state index in [1.54, 1.807) is 0 Å². The summed E-state index contributed by atoms with van der Waals surface area (Å²) in [5.41, 5.74) is 1.17. The van der Waals surface area contributed by atoms with E-state index in [0.29, 0.717) is 0 Å². The molecule has 0 aliphatic carbocycles. The Morgan fingerprint density at radius 1 is 1.22 bits per heavy atom. The normalized spacial score (nSPS) is 18.2. The topological polar surface area (TPSA) is 58.3 Å². The second-order valence-electron chi connectivity index (χ2n) is 6.03. The van der Waals surface area contributed by atoms with Crippen LogP contribution in [0.3, 0.4) is 0 Å². The summed E-state index contributed by atoms with van der Waals surface area (Å²) < 4.78 is 5.38. The SMILES string of the molecule is CCc1noc([C@H](C)N2CCN(CCc3ccccn3)CC2)n1. The Hall–Kier alpha value is -1.79. The van der Waals surface area contributed by atoms with Crippen molar-refractivity contribution in [3.8, 4) is 0 Å². The molecule has 0 spiro atoms. The molecule has 0 bridgehead atoms. The number of hydrogen-bond donors (Lipinski definition) is 0. The van der Waals surface area contributed by atoms with Gasteiger partial charge in [0.1, 0.15) is 0 Å². The van der Waals surface area contributed by atoms with Gasteiger partial charge < -0.3 is 9.42 Å². The molecular weight excluding hydrogens is 290 g/mol. The van der Waals surface area contributed by atoms with Gasteiger partial charge in [-0.1, -0.05) is 18.1 Å². The van der Waals surface area contributed by atoms with Crippen LogP contribution in [0, 0.1) is 0 Å². The fraction of sp³-hybridized carbons (Fsp3) is 0.588. The average molecular weight is 315 g/mol. The molecule has 6 nitrogen and oxygen atoms in total. The van der Waals surface area contributed by atoms with Crippen LogP contribution in [0.15, 0.2) is 28.9 Å². The molecule has 0 radical (unpaired) electrons. The van der Waals surface area contributed by atoms with E-state index in [1.165, 1.54) is 5.69 Å². The molecular formula is C17H25N5O. The minimum atomic E-state index is 0.195. The Morgan fingerprint density at radius 2 is 2.04 bits per heavy atom. The molecule has 0 N–H and O–H groups in total. The maximum Gasteiger partial charge on any atom is 0.243 e. The van der Waals surface area contributed by atoms with Crippen LogP contribution >= 0.6 is 0 Å². The van der Waals surface area contributed by atoms with Gasteiger partial charge in [0.15, 0.2) is 5.82 Å². The molecule has 0 saturated carbocycles. The summed E-state index contributed by atoms with van der Waals surface area (Å²) in [5.74, 6) is 1.53. The maximum absolute atomic E-state index is 5.38. The fourth-order valence-corrected chi connectivity index (χ4v) is 2.93. The second-order valence-corrected chi connectivity index (χ2v) is 6.03. The largest absolute Gasteiger partial charge is 0.338 e. The van der Waals surface area contributed by atoms with Crippen molar-refractivity contribution in [2.75, 3.05) is 32.7 Å². The summed E-state index contributed by atoms with van der Waals surface area (Å²) in [4.78, 5) is 13.8. The molecule has 2 aromatic rings. The summed E-state index contributed by atoms with van der Waals surface area (Å²) in [5, 5.41) is 4.00. The van der Waals surface area contributed by atoms with E-state index in [2.05, 4.69) is 44.0 Å². The first-order valence-electron chi connectivity index (χ1n) is 8.45. The van der Waals surface area contributed by atoms with Crippen molar-refractivity contribution >= 4 is 0 Å². The predicted octanol–water partition coefficient (Wildman–Crippen LogP) is 1.95. The van der Waals surface area contributed by atoms with Crippen molar-refractivity contribution < 1.29 is 4.52 Å². The van der Waals surface area contributed by atoms with Crippen molar-refractivity contribution in [3.05, 3.63) is 41.8 Å². The Balaban J connectivity index is 1.46. The van der Waals surface area contributed by atoms with Crippen LogP contribution in [0.4, 0.5) is 0 Å². The molecule has 2 aromatic heterocycles. The van der Waals surface area contributed by atoms with Gasteiger partial charge in [0.2, 0.25) is 5.89 Å². The Bertz CT molecular complexity index is 592. The number of aryl methyl sites for hydroxylation is 1. The summed E-state index contributed by atoms with van der Waals surface area (Å²) >= 11 is 0. The highest BCUT2D eigenvalue weighted by Gasteiger charge is 2.25. The lowest BCUT2D eigenvalue weighted by molar-refractivity contribution is 0.0889. The number of pyridine rings is 1. The van der Waals surface area contributed by atoms with Gasteiger partial charge in [0, 0.05) is 57.5 Å². The minimum absolute atomic E-state index is 0.195. The van der Waals surface area contributed by atoms with Gasteiger partial charge in [-0.3, -0.25) is 9.88 Å². The summed E-state index contributed by atoms with van der Waals surface area (Å²) in [6.45, 7) is 9.48. The van der Waals surface area contributed by atoms with Gasteiger partial charge in [-0.25, -0.2) is 0 Å². The van der Waals surface area contributed by atoms with E-state index < -0.39 is 0 Å². The number of aromatic nitrogens is 3. The van der Waals surface area contributed by atoms with Crippen molar-refractivity contribution in [1.29, 1.82) is 0 Å². The maximum atomic E-state index is 5.38. The van der Waals surface area contributed by atoms with Gasteiger partial charge >= 0.3 is 0 Å². The summed E-state index contributed by atoms with van der Waals surface area (Å²) in [7, 11) is 0. The standard InChI is InChI=1S/C17H25N5O/c1-3-16-19-17(23-20-16)14(2)22-12-10-21(11-13-22)9-7-15-6-4-5-8-18-15/h4-6,8,14H,3,7,9-13H2,1-2H3/t14-/m0/s1.